The molecule has 0 unspecified atom stereocenters. The van der Waals surface area contributed by atoms with Crippen molar-refractivity contribution in [2.24, 2.45) is 0 Å². The van der Waals surface area contributed by atoms with E-state index in [1.807, 2.05) is 6.92 Å². The molecule has 0 aromatic heterocycles. The fourth-order valence-electron chi connectivity index (χ4n) is 5.82. The van der Waals surface area contributed by atoms with E-state index in [4.69, 9.17) is 9.47 Å². The number of hydrogen-bond donors (Lipinski definition) is 2. The van der Waals surface area contributed by atoms with Crippen molar-refractivity contribution in [1.29, 1.82) is 0 Å². The fourth-order valence-corrected chi connectivity index (χ4v) is 5.82. The highest BCUT2D eigenvalue weighted by Crippen LogP contribution is 2.15. The predicted molar refractivity (Wildman–Crippen MR) is 216 cm³/mol. The van der Waals surface area contributed by atoms with Crippen molar-refractivity contribution in [3.63, 3.8) is 0 Å². The topological polar surface area (TPSA) is 93.1 Å². The van der Waals surface area contributed by atoms with Gasteiger partial charge in [-0.15, -0.1) is 0 Å². The monoisotopic (exact) mass is 717 g/mol. The first kappa shape index (κ1) is 48.8. The van der Waals surface area contributed by atoms with E-state index >= 15 is 0 Å². The van der Waals surface area contributed by atoms with Gasteiger partial charge in [0.1, 0.15) is 19.3 Å². The average molecular weight is 717 g/mol. The molecule has 0 saturated carbocycles. The van der Waals surface area contributed by atoms with Crippen molar-refractivity contribution in [3.8, 4) is 0 Å². The molecule has 0 saturated heterocycles. The zero-order valence-electron chi connectivity index (χ0n) is 33.2. The normalized spacial score (nSPS) is 13.3. The number of allylic oxidation sites excluding steroid dienone is 8. The Hall–Kier alpha value is -2.18. The molecule has 51 heavy (non-hydrogen) atoms. The smallest absolute Gasteiger partial charge is 0.305 e. The van der Waals surface area contributed by atoms with E-state index < -0.39 is 6.10 Å². The molecule has 6 heteroatoms. The molecule has 0 heterocycles. The van der Waals surface area contributed by atoms with Crippen LogP contribution in [0.3, 0.4) is 0 Å². The maximum absolute atomic E-state index is 12.0. The third-order valence-electron chi connectivity index (χ3n) is 9.23. The Morgan fingerprint density at radius 3 is 1.22 bits per heavy atom. The summed E-state index contributed by atoms with van der Waals surface area (Å²) < 4.78 is 10.3. The van der Waals surface area contributed by atoms with Crippen molar-refractivity contribution >= 4 is 11.9 Å². The van der Waals surface area contributed by atoms with Crippen LogP contribution in [0.25, 0.3) is 0 Å². The van der Waals surface area contributed by atoms with E-state index in [1.54, 1.807) is 0 Å². The van der Waals surface area contributed by atoms with Crippen LogP contribution < -0.4 is 0 Å². The second-order valence-electron chi connectivity index (χ2n) is 14.3. The van der Waals surface area contributed by atoms with E-state index in [9.17, 15) is 19.8 Å². The van der Waals surface area contributed by atoms with Crippen LogP contribution >= 0.6 is 0 Å². The quantitative estimate of drug-likeness (QED) is 0.0375. The lowest BCUT2D eigenvalue weighted by atomic mass is 10.0. The minimum absolute atomic E-state index is 0.140. The number of carbonyl (C=O) groups is 2. The summed E-state index contributed by atoms with van der Waals surface area (Å²) in [6, 6.07) is 0. The van der Waals surface area contributed by atoms with Crippen molar-refractivity contribution in [1.82, 2.24) is 0 Å². The predicted octanol–water partition coefficient (Wildman–Crippen LogP) is 12.4. The molecule has 0 bridgehead atoms. The van der Waals surface area contributed by atoms with Crippen LogP contribution in [0.2, 0.25) is 0 Å². The molecule has 2 N–H and O–H groups in total. The summed E-state index contributed by atoms with van der Waals surface area (Å²) in [5.74, 6) is -0.642. The van der Waals surface area contributed by atoms with Gasteiger partial charge in [-0.3, -0.25) is 9.59 Å². The number of carbonyl (C=O) groups excluding carboxylic acids is 2. The van der Waals surface area contributed by atoms with Crippen molar-refractivity contribution in [2.45, 2.75) is 212 Å². The van der Waals surface area contributed by atoms with Crippen LogP contribution in [0, 0.1) is 0 Å². The number of aliphatic hydroxyl groups excluding tert-OH is 2. The van der Waals surface area contributed by atoms with E-state index in [0.29, 0.717) is 19.3 Å². The molecule has 0 spiro atoms. The number of rotatable bonds is 38. The van der Waals surface area contributed by atoms with E-state index in [-0.39, 0.29) is 31.3 Å². The Labute approximate surface area is 314 Å². The van der Waals surface area contributed by atoms with Gasteiger partial charge < -0.3 is 19.7 Å². The highest BCUT2D eigenvalue weighted by molar-refractivity contribution is 5.69. The molecule has 6 nitrogen and oxygen atoms in total. The summed E-state index contributed by atoms with van der Waals surface area (Å²) in [5, 5.41) is 19.5. The molecule has 0 rings (SSSR count). The van der Waals surface area contributed by atoms with Crippen molar-refractivity contribution in [2.75, 3.05) is 13.2 Å². The van der Waals surface area contributed by atoms with Gasteiger partial charge in [-0.1, -0.05) is 178 Å². The lowest BCUT2D eigenvalue weighted by Crippen LogP contribution is -2.25. The summed E-state index contributed by atoms with van der Waals surface area (Å²) in [5.41, 5.74) is 0. The van der Waals surface area contributed by atoms with Crippen LogP contribution in [0.5, 0.6) is 0 Å². The molecule has 0 aliphatic heterocycles. The van der Waals surface area contributed by atoms with E-state index in [2.05, 4.69) is 55.5 Å². The summed E-state index contributed by atoms with van der Waals surface area (Å²) >= 11 is 0. The minimum Gasteiger partial charge on any atom is -0.463 e. The second-order valence-corrected chi connectivity index (χ2v) is 14.3. The standard InChI is InChI=1S/C45H80O6/c1-3-5-6-7-8-9-10-11-12-13-14-15-16-20-23-26-29-32-35-38-44(48)50-40-43(47)41-51-45(49)39-36-33-30-27-24-21-18-17-19-22-25-28-31-34-37-42(46)4-2/h18-19,21-22,27-28,30-31,42-43,46-47H,3-17,20,23-26,29,32-41H2,1-2H3/b21-18-,22-19-,30-27-,31-28-/t42-,43-/m0/s1. The van der Waals surface area contributed by atoms with Crippen LogP contribution in [0.1, 0.15) is 200 Å². The SMILES string of the molecule is CCCCCCCCCCCCCCCCCCCCCC(=O)OC[C@H](O)COC(=O)CCC/C=C\C/C=C\C/C=C\C/C=C\CC[C@@H](O)CC. The lowest BCUT2D eigenvalue weighted by molar-refractivity contribution is -0.152. The highest BCUT2D eigenvalue weighted by atomic mass is 16.6. The van der Waals surface area contributed by atoms with E-state index in [1.165, 1.54) is 103 Å². The van der Waals surface area contributed by atoms with Gasteiger partial charge in [0.25, 0.3) is 0 Å². The largest absolute Gasteiger partial charge is 0.463 e. The van der Waals surface area contributed by atoms with Crippen LogP contribution in [0.4, 0.5) is 0 Å². The summed E-state index contributed by atoms with van der Waals surface area (Å²) in [4.78, 5) is 24.0. The van der Waals surface area contributed by atoms with Crippen molar-refractivity contribution < 1.29 is 29.3 Å². The summed E-state index contributed by atoms with van der Waals surface area (Å²) in [7, 11) is 0. The number of hydrogen-bond acceptors (Lipinski definition) is 6. The molecule has 0 aliphatic carbocycles. The highest BCUT2D eigenvalue weighted by Gasteiger charge is 2.12. The molecule has 0 aliphatic rings. The van der Waals surface area contributed by atoms with Gasteiger partial charge in [-0.2, -0.15) is 0 Å². The first-order chi connectivity index (χ1) is 25.0. The molecule has 0 amide bonds. The maximum atomic E-state index is 12.0. The number of aliphatic hydroxyl groups is 2. The maximum Gasteiger partial charge on any atom is 0.305 e. The third kappa shape index (κ3) is 40.4. The Morgan fingerprint density at radius 1 is 0.451 bits per heavy atom. The molecule has 296 valence electrons. The van der Waals surface area contributed by atoms with Gasteiger partial charge in [0.15, 0.2) is 0 Å². The zero-order chi connectivity index (χ0) is 37.3. The Balaban J connectivity index is 3.50. The first-order valence-corrected chi connectivity index (χ1v) is 21.3. The summed E-state index contributed by atoms with van der Waals surface area (Å²) in [6.45, 7) is 3.99. The molecule has 0 aromatic rings. The van der Waals surface area contributed by atoms with Crippen LogP contribution in [0.15, 0.2) is 48.6 Å². The fraction of sp³-hybridized carbons (Fsp3) is 0.778. The number of unbranched alkanes of at least 4 members (excludes halogenated alkanes) is 19. The zero-order valence-corrected chi connectivity index (χ0v) is 33.2. The van der Waals surface area contributed by atoms with E-state index in [0.717, 1.165) is 64.2 Å². The van der Waals surface area contributed by atoms with Crippen molar-refractivity contribution in [3.05, 3.63) is 48.6 Å². The first-order valence-electron chi connectivity index (χ1n) is 21.3. The molecule has 2 atom stereocenters. The second kappa shape index (κ2) is 40.6. The number of esters is 2. The Kier molecular flexibility index (Phi) is 38.9. The Morgan fingerprint density at radius 2 is 0.804 bits per heavy atom. The van der Waals surface area contributed by atoms with Gasteiger partial charge in [0.05, 0.1) is 6.10 Å². The van der Waals surface area contributed by atoms with Gasteiger partial charge in [-0.05, 0) is 57.8 Å². The molecule has 0 fully saturated rings. The molecule has 0 aromatic carbocycles. The van der Waals surface area contributed by atoms with Gasteiger partial charge in [0, 0.05) is 12.8 Å². The lowest BCUT2D eigenvalue weighted by Gasteiger charge is -2.12. The Bertz CT molecular complexity index is 876. The van der Waals surface area contributed by atoms with Gasteiger partial charge in [-0.25, -0.2) is 0 Å². The minimum atomic E-state index is -0.994. The molecule has 0 radical (unpaired) electrons. The average Bonchev–Trinajstić information content (AvgIpc) is 3.13. The van der Waals surface area contributed by atoms with Gasteiger partial charge in [0.2, 0.25) is 0 Å². The summed E-state index contributed by atoms with van der Waals surface area (Å²) in [6.07, 6.45) is 48.3. The number of ether oxygens (including phenoxy) is 2. The van der Waals surface area contributed by atoms with Crippen LogP contribution in [-0.4, -0.2) is 47.6 Å². The van der Waals surface area contributed by atoms with Gasteiger partial charge >= 0.3 is 11.9 Å². The molecular weight excluding hydrogens is 636 g/mol. The third-order valence-corrected chi connectivity index (χ3v) is 9.23. The van der Waals surface area contributed by atoms with Crippen LogP contribution in [-0.2, 0) is 19.1 Å². The molecular formula is C45H80O6.